The maximum absolute atomic E-state index is 12.3. The first-order valence-electron chi connectivity index (χ1n) is 7.99. The van der Waals surface area contributed by atoms with Crippen molar-refractivity contribution in [1.82, 2.24) is 5.32 Å². The van der Waals surface area contributed by atoms with Gasteiger partial charge in [0.15, 0.2) is 0 Å². The summed E-state index contributed by atoms with van der Waals surface area (Å²) in [5.74, 6) is 0.271. The number of aryl methyl sites for hydroxylation is 1. The summed E-state index contributed by atoms with van der Waals surface area (Å²) in [6.07, 6.45) is 3.93. The summed E-state index contributed by atoms with van der Waals surface area (Å²) < 4.78 is 0. The van der Waals surface area contributed by atoms with Gasteiger partial charge >= 0.3 is 0 Å². The lowest BCUT2D eigenvalue weighted by atomic mass is 9.82. The molecule has 0 radical (unpaired) electrons. The van der Waals surface area contributed by atoms with Crippen molar-refractivity contribution in [3.63, 3.8) is 0 Å². The highest BCUT2D eigenvalue weighted by Crippen LogP contribution is 2.25. The number of rotatable bonds is 4. The van der Waals surface area contributed by atoms with E-state index in [-0.39, 0.29) is 35.7 Å². The number of carbonyl (C=O) groups is 1. The number of hydrogen-bond acceptors (Lipinski definition) is 2. The predicted molar refractivity (Wildman–Crippen MR) is 94.4 cm³/mol. The van der Waals surface area contributed by atoms with Gasteiger partial charge in [-0.25, -0.2) is 0 Å². The highest BCUT2D eigenvalue weighted by atomic mass is 35.5. The lowest BCUT2D eigenvalue weighted by molar-refractivity contribution is -0.126. The molecule has 1 aliphatic carbocycles. The van der Waals surface area contributed by atoms with E-state index >= 15 is 0 Å². The topological polar surface area (TPSA) is 55.1 Å². The van der Waals surface area contributed by atoms with E-state index in [1.807, 2.05) is 0 Å². The molecule has 4 heteroatoms. The molecule has 1 fully saturated rings. The van der Waals surface area contributed by atoms with Crippen LogP contribution in [0.5, 0.6) is 0 Å². The van der Waals surface area contributed by atoms with Crippen LogP contribution in [-0.2, 0) is 10.2 Å². The molecular weight excluding hydrogens is 296 g/mol. The largest absolute Gasteiger partial charge is 0.355 e. The van der Waals surface area contributed by atoms with Crippen molar-refractivity contribution in [2.45, 2.75) is 57.9 Å². The minimum absolute atomic E-state index is 0. The average Bonchev–Trinajstić information content (AvgIpc) is 2.45. The first kappa shape index (κ1) is 19.0. The first-order valence-corrected chi connectivity index (χ1v) is 7.99. The number of amides is 1. The molecule has 0 saturated heterocycles. The molecule has 1 saturated carbocycles. The van der Waals surface area contributed by atoms with Gasteiger partial charge in [-0.3, -0.25) is 4.79 Å². The third-order valence-electron chi connectivity index (χ3n) is 4.59. The van der Waals surface area contributed by atoms with Crippen LogP contribution in [0.2, 0.25) is 0 Å². The van der Waals surface area contributed by atoms with Crippen LogP contribution in [0.15, 0.2) is 24.3 Å². The summed E-state index contributed by atoms with van der Waals surface area (Å²) in [4.78, 5) is 12.3. The summed E-state index contributed by atoms with van der Waals surface area (Å²) >= 11 is 0. The van der Waals surface area contributed by atoms with Gasteiger partial charge in [0.1, 0.15) is 0 Å². The Balaban J connectivity index is 0.00000242. The van der Waals surface area contributed by atoms with Gasteiger partial charge < -0.3 is 11.1 Å². The average molecular weight is 325 g/mol. The molecule has 124 valence electrons. The van der Waals surface area contributed by atoms with E-state index < -0.39 is 0 Å². The van der Waals surface area contributed by atoms with Crippen LogP contribution >= 0.6 is 12.4 Å². The number of nitrogens with one attached hydrogen (secondary N) is 1. The molecule has 0 aliphatic heterocycles. The molecule has 2 rings (SSSR count). The highest BCUT2D eigenvalue weighted by molar-refractivity contribution is 5.85. The molecule has 0 bridgehead atoms. The molecule has 1 aliphatic rings. The van der Waals surface area contributed by atoms with Gasteiger partial charge in [0.05, 0.1) is 0 Å². The van der Waals surface area contributed by atoms with Crippen molar-refractivity contribution in [2.75, 3.05) is 6.54 Å². The Morgan fingerprint density at radius 2 is 2.09 bits per heavy atom. The van der Waals surface area contributed by atoms with E-state index in [1.165, 1.54) is 11.1 Å². The molecule has 1 aromatic carbocycles. The van der Waals surface area contributed by atoms with Gasteiger partial charge in [-0.05, 0) is 31.7 Å². The maximum Gasteiger partial charge on any atom is 0.223 e. The van der Waals surface area contributed by atoms with E-state index in [0.717, 1.165) is 25.7 Å². The number of hydrogen-bond donors (Lipinski definition) is 2. The highest BCUT2D eigenvalue weighted by Gasteiger charge is 2.27. The van der Waals surface area contributed by atoms with E-state index in [1.54, 1.807) is 0 Å². The second-order valence-corrected chi connectivity index (χ2v) is 7.09. The predicted octanol–water partition coefficient (Wildman–Crippen LogP) is 3.33. The van der Waals surface area contributed by atoms with Crippen molar-refractivity contribution in [3.8, 4) is 0 Å². The minimum atomic E-state index is -0.0571. The normalized spacial score (nSPS) is 21.8. The maximum atomic E-state index is 12.3. The molecule has 1 amide bonds. The molecule has 2 unspecified atom stereocenters. The van der Waals surface area contributed by atoms with Crippen LogP contribution in [0, 0.1) is 12.8 Å². The number of benzene rings is 1. The van der Waals surface area contributed by atoms with E-state index in [2.05, 4.69) is 50.4 Å². The minimum Gasteiger partial charge on any atom is -0.355 e. The van der Waals surface area contributed by atoms with E-state index in [4.69, 9.17) is 5.73 Å². The molecule has 3 N–H and O–H groups in total. The summed E-state index contributed by atoms with van der Waals surface area (Å²) in [7, 11) is 0. The second-order valence-electron chi connectivity index (χ2n) is 7.09. The number of nitrogens with two attached hydrogens (primary N) is 1. The quantitative estimate of drug-likeness (QED) is 0.892. The van der Waals surface area contributed by atoms with Crippen molar-refractivity contribution in [1.29, 1.82) is 0 Å². The monoisotopic (exact) mass is 324 g/mol. The molecular formula is C18H29ClN2O. The Labute approximate surface area is 140 Å². The summed E-state index contributed by atoms with van der Waals surface area (Å²) in [5.41, 5.74) is 8.44. The second kappa shape index (κ2) is 7.98. The number of halogens is 1. The van der Waals surface area contributed by atoms with Crippen molar-refractivity contribution in [2.24, 2.45) is 11.7 Å². The van der Waals surface area contributed by atoms with Gasteiger partial charge in [0, 0.05) is 23.9 Å². The van der Waals surface area contributed by atoms with Crippen molar-refractivity contribution < 1.29 is 4.79 Å². The molecule has 1 aromatic rings. The Morgan fingerprint density at radius 3 is 2.73 bits per heavy atom. The number of carbonyl (C=O) groups excluding carboxylic acids is 1. The Bertz CT molecular complexity index is 502. The zero-order valence-electron chi connectivity index (χ0n) is 13.9. The van der Waals surface area contributed by atoms with Crippen LogP contribution in [0.1, 0.15) is 50.7 Å². The van der Waals surface area contributed by atoms with Crippen LogP contribution in [-0.4, -0.2) is 18.5 Å². The van der Waals surface area contributed by atoms with E-state index in [9.17, 15) is 4.79 Å². The molecule has 3 nitrogen and oxygen atoms in total. The van der Waals surface area contributed by atoms with Crippen molar-refractivity contribution >= 4 is 18.3 Å². The lowest BCUT2D eigenvalue weighted by Crippen LogP contribution is -2.42. The van der Waals surface area contributed by atoms with Gasteiger partial charge in [0.2, 0.25) is 5.91 Å². The van der Waals surface area contributed by atoms with Gasteiger partial charge in [-0.2, -0.15) is 0 Å². The van der Waals surface area contributed by atoms with Crippen LogP contribution in [0.25, 0.3) is 0 Å². The van der Waals surface area contributed by atoms with Gasteiger partial charge in [-0.1, -0.05) is 50.1 Å². The Hall–Kier alpha value is -1.06. The molecule has 2 atom stereocenters. The smallest absolute Gasteiger partial charge is 0.223 e. The Kier molecular flexibility index (Phi) is 6.89. The van der Waals surface area contributed by atoms with E-state index in [0.29, 0.717) is 6.54 Å². The summed E-state index contributed by atoms with van der Waals surface area (Å²) in [5, 5.41) is 3.14. The molecule has 0 heterocycles. The molecule has 0 aromatic heterocycles. The fraction of sp³-hybridized carbons (Fsp3) is 0.611. The van der Waals surface area contributed by atoms with Gasteiger partial charge in [-0.15, -0.1) is 12.4 Å². The zero-order valence-corrected chi connectivity index (χ0v) is 14.7. The van der Waals surface area contributed by atoms with Crippen LogP contribution in [0.3, 0.4) is 0 Å². The lowest BCUT2D eigenvalue weighted by Gasteiger charge is -2.29. The first-order chi connectivity index (χ1) is 9.88. The summed E-state index contributed by atoms with van der Waals surface area (Å²) in [6.45, 7) is 7.12. The summed E-state index contributed by atoms with van der Waals surface area (Å²) in [6, 6.07) is 8.70. The van der Waals surface area contributed by atoms with Crippen LogP contribution in [0.4, 0.5) is 0 Å². The van der Waals surface area contributed by atoms with Crippen LogP contribution < -0.4 is 11.1 Å². The van der Waals surface area contributed by atoms with Crippen molar-refractivity contribution in [3.05, 3.63) is 35.4 Å². The Morgan fingerprint density at radius 1 is 1.36 bits per heavy atom. The standard InChI is InChI=1S/C18H28N2O.ClH/c1-13-6-4-8-15(10-13)18(2,3)12-20-17(21)14-7-5-9-16(19)11-14;/h4,6,8,10,14,16H,5,7,9,11-12,19H2,1-3H3,(H,20,21);1H. The molecule has 0 spiro atoms. The fourth-order valence-corrected chi connectivity index (χ4v) is 3.09. The van der Waals surface area contributed by atoms with Gasteiger partial charge in [0.25, 0.3) is 0 Å². The third-order valence-corrected chi connectivity index (χ3v) is 4.59. The SMILES string of the molecule is Cc1cccc(C(C)(C)CNC(=O)C2CCCC(N)C2)c1.Cl. The fourth-order valence-electron chi connectivity index (χ4n) is 3.09. The zero-order chi connectivity index (χ0) is 15.5. The third kappa shape index (κ3) is 4.99. The molecule has 22 heavy (non-hydrogen) atoms.